The number of hydrogen-bond donors (Lipinski definition) is 2. The lowest BCUT2D eigenvalue weighted by Gasteiger charge is -2.19. The number of benzene rings is 1. The highest BCUT2D eigenvalue weighted by Gasteiger charge is 2.17. The summed E-state index contributed by atoms with van der Waals surface area (Å²) in [6, 6.07) is 5.19. The highest BCUT2D eigenvalue weighted by atomic mass is 16.5. The minimum atomic E-state index is -0.784. The molecule has 0 saturated heterocycles. The van der Waals surface area contributed by atoms with Crippen molar-refractivity contribution in [3.63, 3.8) is 0 Å². The molecule has 21 heavy (non-hydrogen) atoms. The number of hydrogen-bond acceptors (Lipinski definition) is 4. The zero-order valence-corrected chi connectivity index (χ0v) is 13.4. The molecule has 0 fully saturated rings. The molecule has 1 aromatic rings. The lowest BCUT2D eigenvalue weighted by Crippen LogP contribution is -2.31. The number of methoxy groups -OCH3 is 2. The van der Waals surface area contributed by atoms with E-state index in [1.54, 1.807) is 32.4 Å². The Labute approximate surface area is 126 Å². The third-order valence-corrected chi connectivity index (χ3v) is 2.98. The lowest BCUT2D eigenvalue weighted by atomic mass is 9.92. The van der Waals surface area contributed by atoms with Gasteiger partial charge in [-0.15, -0.1) is 0 Å². The van der Waals surface area contributed by atoms with Crippen LogP contribution in [0, 0.1) is 5.41 Å². The number of carbonyl (C=O) groups excluding carboxylic acids is 1. The van der Waals surface area contributed by atoms with Crippen LogP contribution in [0.2, 0.25) is 0 Å². The minimum absolute atomic E-state index is 0.0676. The molecule has 5 heteroatoms. The van der Waals surface area contributed by atoms with E-state index in [1.807, 2.05) is 20.8 Å². The molecule has 0 radical (unpaired) electrons. The summed E-state index contributed by atoms with van der Waals surface area (Å²) in [6.45, 7) is 6.16. The molecule has 0 spiro atoms. The van der Waals surface area contributed by atoms with Gasteiger partial charge < -0.3 is 19.9 Å². The third kappa shape index (κ3) is 5.63. The Kier molecular flexibility index (Phi) is 6.03. The topological polar surface area (TPSA) is 67.8 Å². The molecule has 1 rings (SSSR count). The fraction of sp³-hybridized carbons (Fsp3) is 0.562. The highest BCUT2D eigenvalue weighted by molar-refractivity contribution is 5.76. The molecule has 0 aliphatic carbocycles. The summed E-state index contributed by atoms with van der Waals surface area (Å²) in [6.07, 6.45) is -0.361. The molecule has 2 N–H and O–H groups in total. The first-order chi connectivity index (χ1) is 9.76. The molecule has 5 nitrogen and oxygen atoms in total. The second-order valence-corrected chi connectivity index (χ2v) is 6.17. The normalized spacial score (nSPS) is 12.7. The molecular weight excluding hydrogens is 270 g/mol. The van der Waals surface area contributed by atoms with E-state index in [2.05, 4.69) is 5.32 Å². The average Bonchev–Trinajstić information content (AvgIpc) is 2.42. The molecule has 0 aromatic heterocycles. The molecule has 118 valence electrons. The molecule has 0 aliphatic rings. The molecule has 1 unspecified atom stereocenters. The maximum Gasteiger partial charge on any atom is 0.220 e. The van der Waals surface area contributed by atoms with Crippen molar-refractivity contribution in [2.24, 2.45) is 5.41 Å². The maximum absolute atomic E-state index is 11.8. The van der Waals surface area contributed by atoms with Crippen LogP contribution in [0.4, 0.5) is 0 Å². The SMILES string of the molecule is COc1ccc(C(O)CNC(=O)CC(C)(C)C)cc1OC. The first-order valence-corrected chi connectivity index (χ1v) is 6.93. The van der Waals surface area contributed by atoms with Crippen LogP contribution >= 0.6 is 0 Å². The van der Waals surface area contributed by atoms with Gasteiger partial charge in [0.2, 0.25) is 5.91 Å². The van der Waals surface area contributed by atoms with Crippen LogP contribution in [0.5, 0.6) is 11.5 Å². The first-order valence-electron chi connectivity index (χ1n) is 6.93. The molecular formula is C16H25NO4. The standard InChI is InChI=1S/C16H25NO4/c1-16(2,3)9-15(19)17-10-12(18)11-6-7-13(20-4)14(8-11)21-5/h6-8,12,18H,9-10H2,1-5H3,(H,17,19). The van der Waals surface area contributed by atoms with E-state index in [9.17, 15) is 9.90 Å². The van der Waals surface area contributed by atoms with Gasteiger partial charge in [0.15, 0.2) is 11.5 Å². The zero-order chi connectivity index (χ0) is 16.0. The van der Waals surface area contributed by atoms with Crippen LogP contribution in [0.15, 0.2) is 18.2 Å². The largest absolute Gasteiger partial charge is 0.493 e. The van der Waals surface area contributed by atoms with Crippen molar-refractivity contribution in [1.82, 2.24) is 5.32 Å². The van der Waals surface area contributed by atoms with Crippen molar-refractivity contribution in [2.75, 3.05) is 20.8 Å². The monoisotopic (exact) mass is 295 g/mol. The van der Waals surface area contributed by atoms with E-state index >= 15 is 0 Å². The van der Waals surface area contributed by atoms with Crippen molar-refractivity contribution >= 4 is 5.91 Å². The van der Waals surface area contributed by atoms with Crippen molar-refractivity contribution in [3.8, 4) is 11.5 Å². The lowest BCUT2D eigenvalue weighted by molar-refractivity contribution is -0.123. The third-order valence-electron chi connectivity index (χ3n) is 2.98. The Morgan fingerprint density at radius 2 is 1.86 bits per heavy atom. The van der Waals surface area contributed by atoms with Gasteiger partial charge >= 0.3 is 0 Å². The minimum Gasteiger partial charge on any atom is -0.493 e. The molecule has 1 atom stereocenters. The van der Waals surface area contributed by atoms with Gasteiger partial charge in [0.1, 0.15) is 0 Å². The van der Waals surface area contributed by atoms with Gasteiger partial charge in [0.25, 0.3) is 0 Å². The Hall–Kier alpha value is -1.75. The molecule has 1 amide bonds. The summed E-state index contributed by atoms with van der Waals surface area (Å²) in [4.78, 5) is 11.8. The summed E-state index contributed by atoms with van der Waals surface area (Å²) in [5, 5.41) is 12.9. The van der Waals surface area contributed by atoms with Crippen LogP contribution in [-0.2, 0) is 4.79 Å². The van der Waals surface area contributed by atoms with Crippen molar-refractivity contribution in [3.05, 3.63) is 23.8 Å². The highest BCUT2D eigenvalue weighted by Crippen LogP contribution is 2.29. The van der Waals surface area contributed by atoms with Crippen molar-refractivity contribution < 1.29 is 19.4 Å². The fourth-order valence-corrected chi connectivity index (χ4v) is 1.93. The number of aliphatic hydroxyl groups excluding tert-OH is 1. The Bertz CT molecular complexity index is 480. The Morgan fingerprint density at radius 1 is 1.24 bits per heavy atom. The molecule has 0 heterocycles. The van der Waals surface area contributed by atoms with E-state index < -0.39 is 6.10 Å². The van der Waals surface area contributed by atoms with Gasteiger partial charge in [0.05, 0.1) is 20.3 Å². The van der Waals surface area contributed by atoms with Crippen molar-refractivity contribution in [1.29, 1.82) is 0 Å². The maximum atomic E-state index is 11.8. The fourth-order valence-electron chi connectivity index (χ4n) is 1.93. The summed E-state index contributed by atoms with van der Waals surface area (Å²) in [5.41, 5.74) is 0.599. The van der Waals surface area contributed by atoms with E-state index in [4.69, 9.17) is 9.47 Å². The van der Waals surface area contributed by atoms with Crippen molar-refractivity contribution in [2.45, 2.75) is 33.3 Å². The second kappa shape index (κ2) is 7.31. The number of ether oxygens (including phenoxy) is 2. The average molecular weight is 295 g/mol. The quantitative estimate of drug-likeness (QED) is 0.845. The number of rotatable bonds is 6. The van der Waals surface area contributed by atoms with Crippen LogP contribution < -0.4 is 14.8 Å². The smallest absolute Gasteiger partial charge is 0.220 e. The van der Waals surface area contributed by atoms with Gasteiger partial charge in [-0.1, -0.05) is 26.8 Å². The van der Waals surface area contributed by atoms with E-state index in [0.717, 1.165) is 0 Å². The van der Waals surface area contributed by atoms with Crippen LogP contribution in [0.1, 0.15) is 38.9 Å². The van der Waals surface area contributed by atoms with E-state index in [1.165, 1.54) is 0 Å². The van der Waals surface area contributed by atoms with Gasteiger partial charge in [0, 0.05) is 13.0 Å². The predicted molar refractivity (Wildman–Crippen MR) is 81.6 cm³/mol. The van der Waals surface area contributed by atoms with Gasteiger partial charge in [-0.25, -0.2) is 0 Å². The Balaban J connectivity index is 2.63. The van der Waals surface area contributed by atoms with E-state index in [-0.39, 0.29) is 17.9 Å². The molecule has 1 aromatic carbocycles. The summed E-state index contributed by atoms with van der Waals surface area (Å²) < 4.78 is 10.3. The number of carbonyl (C=O) groups is 1. The van der Waals surface area contributed by atoms with Gasteiger partial charge in [-0.3, -0.25) is 4.79 Å². The zero-order valence-electron chi connectivity index (χ0n) is 13.4. The molecule has 0 saturated carbocycles. The summed E-state index contributed by atoms with van der Waals surface area (Å²) in [7, 11) is 3.10. The Morgan fingerprint density at radius 3 is 2.38 bits per heavy atom. The summed E-state index contributed by atoms with van der Waals surface area (Å²) in [5.74, 6) is 1.09. The van der Waals surface area contributed by atoms with Crippen LogP contribution in [0.25, 0.3) is 0 Å². The first kappa shape index (κ1) is 17.3. The number of amides is 1. The second-order valence-electron chi connectivity index (χ2n) is 6.17. The van der Waals surface area contributed by atoms with Gasteiger partial charge in [-0.2, -0.15) is 0 Å². The number of nitrogens with one attached hydrogen (secondary N) is 1. The summed E-state index contributed by atoms with van der Waals surface area (Å²) >= 11 is 0. The van der Waals surface area contributed by atoms with Crippen LogP contribution in [-0.4, -0.2) is 31.8 Å². The molecule has 0 aliphatic heterocycles. The van der Waals surface area contributed by atoms with E-state index in [0.29, 0.717) is 23.5 Å². The van der Waals surface area contributed by atoms with Crippen LogP contribution in [0.3, 0.4) is 0 Å². The molecule has 0 bridgehead atoms. The number of aliphatic hydroxyl groups is 1. The van der Waals surface area contributed by atoms with Gasteiger partial charge in [-0.05, 0) is 23.1 Å². The predicted octanol–water partition coefficient (Wildman–Crippen LogP) is 2.29.